The number of nitrogens with one attached hydrogen (secondary N) is 2. The van der Waals surface area contributed by atoms with Crippen LogP contribution < -0.4 is 16.4 Å². The van der Waals surface area contributed by atoms with E-state index < -0.39 is 0 Å². The minimum Gasteiger partial charge on any atom is -0.334 e. The summed E-state index contributed by atoms with van der Waals surface area (Å²) in [6.07, 6.45) is 10.4. The van der Waals surface area contributed by atoms with E-state index in [4.69, 9.17) is 17.3 Å². The van der Waals surface area contributed by atoms with Crippen LogP contribution in [0.5, 0.6) is 0 Å². The molecular formula is C27H42ClN3O. The second kappa shape index (κ2) is 16.6. The van der Waals surface area contributed by atoms with Crippen molar-refractivity contribution >= 4 is 23.3 Å². The summed E-state index contributed by atoms with van der Waals surface area (Å²) in [5.41, 5.74) is 8.53. The average Bonchev–Trinajstić information content (AvgIpc) is 3.10. The van der Waals surface area contributed by atoms with Crippen LogP contribution in [0.3, 0.4) is 0 Å². The lowest BCUT2D eigenvalue weighted by atomic mass is 9.98. The molecule has 0 aliphatic heterocycles. The zero-order chi connectivity index (χ0) is 23.8. The Labute approximate surface area is 200 Å². The highest BCUT2D eigenvalue weighted by molar-refractivity contribution is 6.30. The number of nitrogens with two attached hydrogens (primary N) is 1. The van der Waals surface area contributed by atoms with Gasteiger partial charge >= 0.3 is 6.03 Å². The molecule has 2 amide bonds. The number of anilines is 1. The van der Waals surface area contributed by atoms with Gasteiger partial charge in [0.25, 0.3) is 0 Å². The lowest BCUT2D eigenvalue weighted by Crippen LogP contribution is -2.28. The van der Waals surface area contributed by atoms with E-state index in [-0.39, 0.29) is 12.1 Å². The van der Waals surface area contributed by atoms with Gasteiger partial charge < -0.3 is 16.4 Å². The number of rotatable bonds is 5. The van der Waals surface area contributed by atoms with Gasteiger partial charge in [0, 0.05) is 23.3 Å². The van der Waals surface area contributed by atoms with Crippen LogP contribution in [0.25, 0.3) is 0 Å². The zero-order valence-electron chi connectivity index (χ0n) is 20.3. The van der Waals surface area contributed by atoms with Crippen LogP contribution in [0.15, 0.2) is 48.5 Å². The van der Waals surface area contributed by atoms with Crippen LogP contribution in [0.1, 0.15) is 89.8 Å². The van der Waals surface area contributed by atoms with Crippen LogP contribution in [0.2, 0.25) is 5.02 Å². The lowest BCUT2D eigenvalue weighted by molar-refractivity contribution is 0.251. The molecule has 2 aromatic carbocycles. The normalized spacial score (nSPS) is 14.6. The van der Waals surface area contributed by atoms with Gasteiger partial charge in [0.2, 0.25) is 0 Å². The molecule has 0 aromatic heterocycles. The molecule has 1 atom stereocenters. The lowest BCUT2D eigenvalue weighted by Gasteiger charge is -2.10. The Kier molecular flexibility index (Phi) is 14.5. The van der Waals surface area contributed by atoms with Gasteiger partial charge in [0.05, 0.1) is 0 Å². The van der Waals surface area contributed by atoms with E-state index in [1.165, 1.54) is 44.9 Å². The highest BCUT2D eigenvalue weighted by Crippen LogP contribution is 2.24. The molecule has 0 radical (unpaired) electrons. The van der Waals surface area contributed by atoms with Crippen LogP contribution >= 0.6 is 11.6 Å². The van der Waals surface area contributed by atoms with Gasteiger partial charge in [-0.15, -0.1) is 0 Å². The fraction of sp³-hybridized carbons (Fsp3) is 0.519. The van der Waals surface area contributed by atoms with Crippen LogP contribution in [-0.4, -0.2) is 6.03 Å². The van der Waals surface area contributed by atoms with Gasteiger partial charge in [-0.1, -0.05) is 102 Å². The summed E-state index contributed by atoms with van der Waals surface area (Å²) in [7, 11) is 0. The quantitative estimate of drug-likeness (QED) is 0.395. The van der Waals surface area contributed by atoms with Gasteiger partial charge in [0.15, 0.2) is 0 Å². The molecule has 178 valence electrons. The Bertz CT molecular complexity index is 737. The number of amides is 2. The molecule has 0 bridgehead atoms. The predicted octanol–water partition coefficient (Wildman–Crippen LogP) is 8.07. The highest BCUT2D eigenvalue weighted by atomic mass is 35.5. The predicted molar refractivity (Wildman–Crippen MR) is 139 cm³/mol. The molecule has 0 saturated heterocycles. The Balaban J connectivity index is 0.000000388. The first kappa shape index (κ1) is 28.0. The van der Waals surface area contributed by atoms with E-state index in [0.29, 0.717) is 11.6 Å². The summed E-state index contributed by atoms with van der Waals surface area (Å²) < 4.78 is 0. The first-order valence-electron chi connectivity index (χ1n) is 12.1. The van der Waals surface area contributed by atoms with Crippen LogP contribution in [0, 0.1) is 5.92 Å². The van der Waals surface area contributed by atoms with E-state index >= 15 is 0 Å². The van der Waals surface area contributed by atoms with Crippen molar-refractivity contribution in [3.8, 4) is 0 Å². The first-order valence-corrected chi connectivity index (χ1v) is 12.5. The van der Waals surface area contributed by atoms with Crippen molar-refractivity contribution in [3.05, 3.63) is 64.7 Å². The fourth-order valence-corrected chi connectivity index (χ4v) is 3.73. The molecule has 0 heterocycles. The zero-order valence-corrected chi connectivity index (χ0v) is 21.0. The van der Waals surface area contributed by atoms with Crippen molar-refractivity contribution < 1.29 is 4.79 Å². The maximum atomic E-state index is 11.8. The minimum absolute atomic E-state index is 0.0159. The second-order valence-corrected chi connectivity index (χ2v) is 8.55. The standard InChI is InChI=1S/C16H18ClN3O.C9H18.C2H6/c1-11(18)13-4-8-15(9-5-13)20-16(21)19-10-12-2-6-14(17)7-3-12;1-2-9-7-5-3-4-6-8-9;1-2/h2-9,11H,10,18H2,1H3,(H2,19,20,21);9H,2-8H2,1H3;1-2H3/t11-;;/m0../s1. The number of halogens is 1. The molecule has 2 aromatic rings. The molecule has 4 N–H and O–H groups in total. The molecule has 1 aliphatic carbocycles. The van der Waals surface area contributed by atoms with Crippen molar-refractivity contribution in [2.45, 2.75) is 85.2 Å². The molecule has 1 saturated carbocycles. The van der Waals surface area contributed by atoms with E-state index in [1.54, 1.807) is 12.1 Å². The van der Waals surface area contributed by atoms with E-state index in [0.717, 1.165) is 22.7 Å². The van der Waals surface area contributed by atoms with Crippen LogP contribution in [0.4, 0.5) is 10.5 Å². The Morgan fingerprint density at radius 3 is 2.06 bits per heavy atom. The molecule has 3 rings (SSSR count). The third-order valence-electron chi connectivity index (χ3n) is 5.61. The van der Waals surface area contributed by atoms with Gasteiger partial charge in [0.1, 0.15) is 0 Å². The largest absolute Gasteiger partial charge is 0.334 e. The molecule has 1 aliphatic rings. The summed E-state index contributed by atoms with van der Waals surface area (Å²) in [5, 5.41) is 6.24. The van der Waals surface area contributed by atoms with Crippen molar-refractivity contribution in [1.29, 1.82) is 0 Å². The maximum absolute atomic E-state index is 11.8. The number of urea groups is 1. The monoisotopic (exact) mass is 459 g/mol. The third kappa shape index (κ3) is 11.5. The van der Waals surface area contributed by atoms with Gasteiger partial charge in [-0.25, -0.2) is 4.79 Å². The maximum Gasteiger partial charge on any atom is 0.319 e. The molecule has 4 nitrogen and oxygen atoms in total. The van der Waals surface area contributed by atoms with E-state index in [9.17, 15) is 4.79 Å². The molecule has 1 fully saturated rings. The summed E-state index contributed by atoms with van der Waals surface area (Å²) in [4.78, 5) is 11.8. The average molecular weight is 460 g/mol. The number of carbonyl (C=O) groups is 1. The molecule has 5 heteroatoms. The molecule has 32 heavy (non-hydrogen) atoms. The summed E-state index contributed by atoms with van der Waals surface area (Å²) in [6, 6.07) is 14.5. The second-order valence-electron chi connectivity index (χ2n) is 8.11. The minimum atomic E-state index is -0.251. The Morgan fingerprint density at radius 1 is 1.00 bits per heavy atom. The SMILES string of the molecule is CC.CCC1CCCCCC1.C[C@H](N)c1ccc(NC(=O)NCc2ccc(Cl)cc2)cc1. The van der Waals surface area contributed by atoms with Crippen LogP contribution in [-0.2, 0) is 6.54 Å². The molecular weight excluding hydrogens is 418 g/mol. The van der Waals surface area contributed by atoms with E-state index in [1.807, 2.05) is 57.2 Å². The molecule has 0 unspecified atom stereocenters. The number of benzene rings is 2. The molecule has 0 spiro atoms. The van der Waals surface area contributed by atoms with Crippen molar-refractivity contribution in [2.24, 2.45) is 11.7 Å². The number of hydrogen-bond donors (Lipinski definition) is 3. The highest BCUT2D eigenvalue weighted by Gasteiger charge is 2.08. The first-order chi connectivity index (χ1) is 15.5. The number of carbonyl (C=O) groups excluding carboxylic acids is 1. The summed E-state index contributed by atoms with van der Waals surface area (Å²) in [5.74, 6) is 1.08. The van der Waals surface area contributed by atoms with E-state index in [2.05, 4.69) is 17.6 Å². The summed E-state index contributed by atoms with van der Waals surface area (Å²) >= 11 is 5.81. The van der Waals surface area contributed by atoms with Gasteiger partial charge in [-0.2, -0.15) is 0 Å². The summed E-state index contributed by atoms with van der Waals surface area (Å²) in [6.45, 7) is 8.69. The van der Waals surface area contributed by atoms with Crippen molar-refractivity contribution in [1.82, 2.24) is 5.32 Å². The van der Waals surface area contributed by atoms with Crippen molar-refractivity contribution in [3.63, 3.8) is 0 Å². The van der Waals surface area contributed by atoms with Crippen molar-refractivity contribution in [2.75, 3.05) is 5.32 Å². The Hall–Kier alpha value is -2.04. The smallest absolute Gasteiger partial charge is 0.319 e. The van der Waals surface area contributed by atoms with Gasteiger partial charge in [-0.05, 0) is 48.2 Å². The van der Waals surface area contributed by atoms with Gasteiger partial charge in [-0.3, -0.25) is 0 Å². The topological polar surface area (TPSA) is 67.1 Å². The number of hydrogen-bond acceptors (Lipinski definition) is 2. The Morgan fingerprint density at radius 2 is 1.56 bits per heavy atom. The third-order valence-corrected chi connectivity index (χ3v) is 5.86. The fourth-order valence-electron chi connectivity index (χ4n) is 3.60.